The van der Waals surface area contributed by atoms with E-state index in [9.17, 15) is 0 Å². The van der Waals surface area contributed by atoms with Gasteiger partial charge < -0.3 is 5.73 Å². The SMILES string of the molecule is NC1CCCN(Cc2ccc(Cl)nc2)C1. The Balaban J connectivity index is 1.93. The van der Waals surface area contributed by atoms with E-state index in [-0.39, 0.29) is 0 Å². The molecule has 4 heteroatoms. The Bertz CT molecular complexity index is 312. The van der Waals surface area contributed by atoms with Crippen LogP contribution in [0.3, 0.4) is 0 Å². The molecule has 0 aromatic carbocycles. The van der Waals surface area contributed by atoms with E-state index in [0.29, 0.717) is 11.2 Å². The second-order valence-corrected chi connectivity index (χ2v) is 4.51. The maximum atomic E-state index is 5.92. The number of pyridine rings is 1. The van der Waals surface area contributed by atoms with Crippen molar-refractivity contribution in [1.82, 2.24) is 9.88 Å². The molecule has 1 aliphatic rings. The Hall–Kier alpha value is -0.640. The van der Waals surface area contributed by atoms with Crippen LogP contribution in [-0.4, -0.2) is 29.0 Å². The van der Waals surface area contributed by atoms with Gasteiger partial charge >= 0.3 is 0 Å². The van der Waals surface area contributed by atoms with Crippen LogP contribution in [-0.2, 0) is 6.54 Å². The monoisotopic (exact) mass is 225 g/mol. The lowest BCUT2D eigenvalue weighted by atomic mass is 10.1. The third kappa shape index (κ3) is 3.16. The molecule has 1 atom stereocenters. The summed E-state index contributed by atoms with van der Waals surface area (Å²) in [5.74, 6) is 0. The van der Waals surface area contributed by atoms with Crippen molar-refractivity contribution in [2.45, 2.75) is 25.4 Å². The van der Waals surface area contributed by atoms with Gasteiger partial charge in [0.05, 0.1) is 0 Å². The van der Waals surface area contributed by atoms with Gasteiger partial charge in [0.25, 0.3) is 0 Å². The van der Waals surface area contributed by atoms with Crippen LogP contribution in [0.1, 0.15) is 18.4 Å². The summed E-state index contributed by atoms with van der Waals surface area (Å²) in [6.45, 7) is 3.05. The quantitative estimate of drug-likeness (QED) is 0.779. The van der Waals surface area contributed by atoms with Crippen LogP contribution in [0.25, 0.3) is 0 Å². The summed E-state index contributed by atoms with van der Waals surface area (Å²) in [5.41, 5.74) is 7.13. The fraction of sp³-hybridized carbons (Fsp3) is 0.545. The van der Waals surface area contributed by atoms with Crippen LogP contribution in [0.5, 0.6) is 0 Å². The van der Waals surface area contributed by atoms with Crippen molar-refractivity contribution in [3.63, 3.8) is 0 Å². The Morgan fingerprint density at radius 2 is 2.40 bits per heavy atom. The van der Waals surface area contributed by atoms with Gasteiger partial charge in [0.1, 0.15) is 5.15 Å². The zero-order valence-corrected chi connectivity index (χ0v) is 9.45. The van der Waals surface area contributed by atoms with Crippen LogP contribution in [0.4, 0.5) is 0 Å². The summed E-state index contributed by atoms with van der Waals surface area (Å²) in [4.78, 5) is 6.45. The molecule has 15 heavy (non-hydrogen) atoms. The number of likely N-dealkylation sites (tertiary alicyclic amines) is 1. The minimum Gasteiger partial charge on any atom is -0.327 e. The van der Waals surface area contributed by atoms with Crippen LogP contribution in [0, 0.1) is 0 Å². The van der Waals surface area contributed by atoms with Crippen LogP contribution < -0.4 is 5.73 Å². The Morgan fingerprint density at radius 1 is 1.53 bits per heavy atom. The number of aromatic nitrogens is 1. The molecule has 0 saturated carbocycles. The summed E-state index contributed by atoms with van der Waals surface area (Å²) < 4.78 is 0. The van der Waals surface area contributed by atoms with Crippen molar-refractivity contribution < 1.29 is 0 Å². The first-order chi connectivity index (χ1) is 7.24. The van der Waals surface area contributed by atoms with Crippen molar-refractivity contribution in [2.24, 2.45) is 5.73 Å². The van der Waals surface area contributed by atoms with Gasteiger partial charge in [-0.2, -0.15) is 0 Å². The molecular weight excluding hydrogens is 210 g/mol. The average molecular weight is 226 g/mol. The number of nitrogens with zero attached hydrogens (tertiary/aromatic N) is 2. The van der Waals surface area contributed by atoms with Crippen molar-refractivity contribution in [1.29, 1.82) is 0 Å². The molecule has 1 aromatic rings. The van der Waals surface area contributed by atoms with Crippen molar-refractivity contribution >= 4 is 11.6 Å². The Labute approximate surface area is 95.2 Å². The molecule has 3 nitrogen and oxygen atoms in total. The highest BCUT2D eigenvalue weighted by molar-refractivity contribution is 6.29. The normalized spacial score (nSPS) is 22.9. The second kappa shape index (κ2) is 4.92. The summed E-state index contributed by atoms with van der Waals surface area (Å²) in [7, 11) is 0. The molecule has 2 heterocycles. The molecule has 1 saturated heterocycles. The van der Waals surface area contributed by atoms with E-state index in [4.69, 9.17) is 17.3 Å². The number of nitrogens with two attached hydrogens (primary N) is 1. The first-order valence-corrected chi connectivity index (χ1v) is 5.70. The summed E-state index contributed by atoms with van der Waals surface area (Å²) in [6.07, 6.45) is 4.18. The van der Waals surface area contributed by atoms with E-state index in [2.05, 4.69) is 9.88 Å². The highest BCUT2D eigenvalue weighted by atomic mass is 35.5. The topological polar surface area (TPSA) is 42.1 Å². The van der Waals surface area contributed by atoms with E-state index in [0.717, 1.165) is 26.1 Å². The standard InChI is InChI=1S/C11H16ClN3/c12-11-4-3-9(6-14-11)7-15-5-1-2-10(13)8-15/h3-4,6,10H,1-2,5,7-8,13H2. The minimum absolute atomic E-state index is 0.332. The molecule has 2 N–H and O–H groups in total. The molecule has 82 valence electrons. The van der Waals surface area contributed by atoms with Crippen LogP contribution in [0.2, 0.25) is 5.15 Å². The Kier molecular flexibility index (Phi) is 3.57. The molecule has 1 aliphatic heterocycles. The molecule has 1 aromatic heterocycles. The predicted molar refractivity (Wildman–Crippen MR) is 61.7 cm³/mol. The zero-order valence-electron chi connectivity index (χ0n) is 8.69. The van der Waals surface area contributed by atoms with Gasteiger partial charge in [-0.25, -0.2) is 4.98 Å². The summed E-state index contributed by atoms with van der Waals surface area (Å²) in [5, 5.41) is 0.550. The third-order valence-electron chi connectivity index (χ3n) is 2.74. The number of piperidine rings is 1. The lowest BCUT2D eigenvalue weighted by Crippen LogP contribution is -2.42. The van der Waals surface area contributed by atoms with Crippen molar-refractivity contribution in [3.05, 3.63) is 29.0 Å². The molecule has 1 fully saturated rings. The zero-order chi connectivity index (χ0) is 10.7. The van der Waals surface area contributed by atoms with Gasteiger partial charge in [-0.05, 0) is 31.0 Å². The molecular formula is C11H16ClN3. The second-order valence-electron chi connectivity index (χ2n) is 4.13. The van der Waals surface area contributed by atoms with Crippen LogP contribution >= 0.6 is 11.6 Å². The highest BCUT2D eigenvalue weighted by Gasteiger charge is 2.16. The maximum absolute atomic E-state index is 5.92. The largest absolute Gasteiger partial charge is 0.327 e. The van der Waals surface area contributed by atoms with E-state index >= 15 is 0 Å². The highest BCUT2D eigenvalue weighted by Crippen LogP contribution is 2.13. The predicted octanol–water partition coefficient (Wildman–Crippen LogP) is 1.66. The number of rotatable bonds is 2. The van der Waals surface area contributed by atoms with E-state index in [1.165, 1.54) is 12.0 Å². The molecule has 0 radical (unpaired) electrons. The van der Waals surface area contributed by atoms with Gasteiger partial charge in [-0.3, -0.25) is 4.90 Å². The third-order valence-corrected chi connectivity index (χ3v) is 2.96. The van der Waals surface area contributed by atoms with Gasteiger partial charge in [0, 0.05) is 25.3 Å². The molecule has 1 unspecified atom stereocenters. The molecule has 0 spiro atoms. The van der Waals surface area contributed by atoms with Crippen molar-refractivity contribution in [3.8, 4) is 0 Å². The van der Waals surface area contributed by atoms with Crippen molar-refractivity contribution in [2.75, 3.05) is 13.1 Å². The fourth-order valence-corrected chi connectivity index (χ4v) is 2.10. The van der Waals surface area contributed by atoms with E-state index in [1.807, 2.05) is 18.3 Å². The van der Waals surface area contributed by atoms with Gasteiger partial charge in [0.15, 0.2) is 0 Å². The average Bonchev–Trinajstić information content (AvgIpc) is 2.22. The number of hydrogen-bond donors (Lipinski definition) is 1. The first-order valence-electron chi connectivity index (χ1n) is 5.32. The molecule has 2 rings (SSSR count). The molecule has 0 amide bonds. The Morgan fingerprint density at radius 3 is 3.07 bits per heavy atom. The summed E-state index contributed by atoms with van der Waals surface area (Å²) in [6, 6.07) is 4.19. The lowest BCUT2D eigenvalue weighted by Gasteiger charge is -2.30. The maximum Gasteiger partial charge on any atom is 0.129 e. The van der Waals surface area contributed by atoms with Gasteiger partial charge in [0.2, 0.25) is 0 Å². The minimum atomic E-state index is 0.332. The van der Waals surface area contributed by atoms with E-state index < -0.39 is 0 Å². The van der Waals surface area contributed by atoms with Gasteiger partial charge in [-0.15, -0.1) is 0 Å². The summed E-state index contributed by atoms with van der Waals surface area (Å²) >= 11 is 5.73. The van der Waals surface area contributed by atoms with E-state index in [1.54, 1.807) is 0 Å². The number of halogens is 1. The first kappa shape index (κ1) is 10.9. The smallest absolute Gasteiger partial charge is 0.129 e. The molecule has 0 bridgehead atoms. The van der Waals surface area contributed by atoms with Gasteiger partial charge in [-0.1, -0.05) is 17.7 Å². The molecule has 0 aliphatic carbocycles. The number of hydrogen-bond acceptors (Lipinski definition) is 3. The van der Waals surface area contributed by atoms with Crippen LogP contribution in [0.15, 0.2) is 18.3 Å². The lowest BCUT2D eigenvalue weighted by molar-refractivity contribution is 0.201. The fourth-order valence-electron chi connectivity index (χ4n) is 1.99.